The third-order valence-corrected chi connectivity index (χ3v) is 2.89. The van der Waals surface area contributed by atoms with Crippen molar-refractivity contribution in [3.8, 4) is 0 Å². The van der Waals surface area contributed by atoms with Gasteiger partial charge in [-0.2, -0.15) is 0 Å². The number of azide groups is 1. The van der Waals surface area contributed by atoms with E-state index in [1.54, 1.807) is 20.8 Å². The van der Waals surface area contributed by atoms with E-state index in [9.17, 15) is 9.59 Å². The zero-order valence-electron chi connectivity index (χ0n) is 12.3. The Balaban J connectivity index is 4.79. The van der Waals surface area contributed by atoms with Crippen LogP contribution in [0.5, 0.6) is 0 Å². The molecule has 19 heavy (non-hydrogen) atoms. The van der Waals surface area contributed by atoms with Crippen LogP contribution in [0.1, 0.15) is 34.6 Å². The average molecular weight is 271 g/mol. The van der Waals surface area contributed by atoms with Gasteiger partial charge in [-0.15, -0.1) is 0 Å². The van der Waals surface area contributed by atoms with Crippen molar-refractivity contribution in [1.82, 2.24) is 0 Å². The second-order valence-electron chi connectivity index (χ2n) is 5.16. The number of nitrogens with zero attached hydrogens (tertiary/aromatic N) is 3. The van der Waals surface area contributed by atoms with Crippen LogP contribution in [-0.4, -0.2) is 42.5 Å². The maximum atomic E-state index is 12.1. The lowest BCUT2D eigenvalue weighted by molar-refractivity contribution is -0.163. The number of hydrogen-bond donors (Lipinski definition) is 0. The number of hydrogen-bond acceptors (Lipinski definition) is 5. The molecule has 0 spiro atoms. The maximum Gasteiger partial charge on any atom is 0.192 e. The van der Waals surface area contributed by atoms with Crippen LogP contribution in [0.15, 0.2) is 5.11 Å². The summed E-state index contributed by atoms with van der Waals surface area (Å²) in [7, 11) is 1.43. The molecule has 0 fully saturated rings. The number of Topliss-reactive ketones (excluding diaryl/α,β-unsaturated/α-hetero) is 2. The Labute approximate surface area is 112 Å². The van der Waals surface area contributed by atoms with Gasteiger partial charge in [-0.05, 0) is 40.1 Å². The number of ketones is 2. The highest BCUT2D eigenvalue weighted by Crippen LogP contribution is 2.19. The Bertz CT molecular complexity index is 398. The minimum atomic E-state index is -1.20. The summed E-state index contributed by atoms with van der Waals surface area (Å²) in [6.07, 6.45) is -0.806. The molecule has 0 aromatic rings. The van der Waals surface area contributed by atoms with E-state index < -0.39 is 17.3 Å². The highest BCUT2D eigenvalue weighted by molar-refractivity contribution is 5.92. The minimum absolute atomic E-state index is 0.264. The van der Waals surface area contributed by atoms with Crippen LogP contribution < -0.4 is 0 Å². The van der Waals surface area contributed by atoms with E-state index in [1.165, 1.54) is 21.0 Å². The van der Waals surface area contributed by atoms with Crippen molar-refractivity contribution in [3.05, 3.63) is 10.4 Å². The fourth-order valence-electron chi connectivity index (χ4n) is 1.44. The summed E-state index contributed by atoms with van der Waals surface area (Å²) in [5.41, 5.74) is 6.00. The van der Waals surface area contributed by atoms with Gasteiger partial charge >= 0.3 is 0 Å². The topological polar surface area (TPSA) is 101 Å². The van der Waals surface area contributed by atoms with Crippen LogP contribution in [0.4, 0.5) is 0 Å². The molecule has 0 N–H and O–H groups in total. The van der Waals surface area contributed by atoms with Crippen molar-refractivity contribution in [2.24, 2.45) is 5.11 Å². The molecule has 0 heterocycles. The van der Waals surface area contributed by atoms with Crippen molar-refractivity contribution < 1.29 is 19.1 Å². The van der Waals surface area contributed by atoms with Crippen LogP contribution in [0, 0.1) is 0 Å². The molecule has 7 nitrogen and oxygen atoms in total. The normalized spacial score (nSPS) is 13.6. The lowest BCUT2D eigenvalue weighted by atomic mass is 9.97. The molecule has 0 saturated heterocycles. The van der Waals surface area contributed by atoms with Gasteiger partial charge in [0.15, 0.2) is 11.6 Å². The smallest absolute Gasteiger partial charge is 0.192 e. The summed E-state index contributed by atoms with van der Waals surface area (Å²) in [5, 5.41) is 3.20. The zero-order valence-corrected chi connectivity index (χ0v) is 12.3. The van der Waals surface area contributed by atoms with Crippen LogP contribution in [0.2, 0.25) is 0 Å². The predicted molar refractivity (Wildman–Crippen MR) is 69.7 cm³/mol. The first-order valence-electron chi connectivity index (χ1n) is 5.90. The summed E-state index contributed by atoms with van der Waals surface area (Å²) in [6.45, 7) is 7.58. The molecule has 0 saturated carbocycles. The summed E-state index contributed by atoms with van der Waals surface area (Å²) in [6, 6.07) is 0. The Hall–Kier alpha value is -1.43. The van der Waals surface area contributed by atoms with E-state index in [0.29, 0.717) is 0 Å². The maximum absolute atomic E-state index is 12.1. The molecule has 7 heteroatoms. The number of rotatable bonds is 8. The van der Waals surface area contributed by atoms with E-state index in [-0.39, 0.29) is 18.1 Å². The van der Waals surface area contributed by atoms with E-state index in [4.69, 9.17) is 15.0 Å². The van der Waals surface area contributed by atoms with Crippen LogP contribution in [-0.2, 0) is 19.1 Å². The van der Waals surface area contributed by atoms with Crippen molar-refractivity contribution >= 4 is 11.6 Å². The second kappa shape index (κ2) is 6.65. The molecule has 0 aromatic carbocycles. The molecule has 0 amide bonds. The van der Waals surface area contributed by atoms with Crippen molar-refractivity contribution in [2.45, 2.75) is 51.9 Å². The fourth-order valence-corrected chi connectivity index (χ4v) is 1.44. The van der Waals surface area contributed by atoms with E-state index in [0.717, 1.165) is 0 Å². The van der Waals surface area contributed by atoms with Crippen molar-refractivity contribution in [3.63, 3.8) is 0 Å². The minimum Gasteiger partial charge on any atom is -0.371 e. The Morgan fingerprint density at radius 3 is 2.21 bits per heavy atom. The summed E-state index contributed by atoms with van der Waals surface area (Å²) >= 11 is 0. The number of carbonyl (C=O) groups is 2. The standard InChI is InChI=1S/C12H21N3O4/c1-8(10(17)12(4,5)18-6)19-11(2,3)9(16)7-14-15-13/h8H,7H2,1-6H3. The summed E-state index contributed by atoms with van der Waals surface area (Å²) < 4.78 is 10.6. The van der Waals surface area contributed by atoms with Crippen LogP contribution in [0.25, 0.3) is 10.4 Å². The van der Waals surface area contributed by atoms with Gasteiger partial charge in [0.1, 0.15) is 17.3 Å². The van der Waals surface area contributed by atoms with E-state index in [1.807, 2.05) is 0 Å². The molecule has 0 aliphatic carbocycles. The SMILES string of the molecule is COC(C)(C)C(=O)C(C)OC(C)(C)C(=O)CN=[N+]=[N-]. The predicted octanol–water partition coefficient (Wildman–Crippen LogP) is 2.04. The Kier molecular flexibility index (Phi) is 6.15. The lowest BCUT2D eigenvalue weighted by Crippen LogP contribution is -2.47. The molecular weight excluding hydrogens is 250 g/mol. The fraction of sp³-hybridized carbons (Fsp3) is 0.833. The molecule has 1 atom stereocenters. The molecule has 0 aromatic heterocycles. The molecular formula is C12H21N3O4. The van der Waals surface area contributed by atoms with Crippen molar-refractivity contribution in [2.75, 3.05) is 13.7 Å². The molecule has 0 aliphatic rings. The first kappa shape index (κ1) is 17.6. The Morgan fingerprint density at radius 1 is 1.26 bits per heavy atom. The van der Waals surface area contributed by atoms with Crippen LogP contribution >= 0.6 is 0 Å². The van der Waals surface area contributed by atoms with E-state index in [2.05, 4.69) is 10.0 Å². The molecule has 108 valence electrons. The van der Waals surface area contributed by atoms with Gasteiger partial charge in [0.25, 0.3) is 0 Å². The summed E-state index contributed by atoms with van der Waals surface area (Å²) in [5.74, 6) is -0.653. The monoisotopic (exact) mass is 271 g/mol. The first-order chi connectivity index (χ1) is 8.58. The van der Waals surface area contributed by atoms with Gasteiger partial charge in [0, 0.05) is 12.0 Å². The largest absolute Gasteiger partial charge is 0.371 e. The third-order valence-electron chi connectivity index (χ3n) is 2.89. The highest BCUT2D eigenvalue weighted by Gasteiger charge is 2.37. The van der Waals surface area contributed by atoms with Gasteiger partial charge in [-0.1, -0.05) is 5.11 Å². The summed E-state index contributed by atoms with van der Waals surface area (Å²) in [4.78, 5) is 26.4. The average Bonchev–Trinajstić information content (AvgIpc) is 2.34. The Morgan fingerprint density at radius 2 is 1.79 bits per heavy atom. The van der Waals surface area contributed by atoms with E-state index >= 15 is 0 Å². The molecule has 0 radical (unpaired) electrons. The van der Waals surface area contributed by atoms with Gasteiger partial charge in [0.2, 0.25) is 0 Å². The first-order valence-corrected chi connectivity index (χ1v) is 5.90. The van der Waals surface area contributed by atoms with Crippen LogP contribution in [0.3, 0.4) is 0 Å². The quantitative estimate of drug-likeness (QED) is 0.383. The van der Waals surface area contributed by atoms with Gasteiger partial charge in [-0.3, -0.25) is 9.59 Å². The number of methoxy groups -OCH3 is 1. The molecule has 0 aliphatic heterocycles. The number of carbonyl (C=O) groups excluding carboxylic acids is 2. The zero-order chi connectivity index (χ0) is 15.3. The van der Waals surface area contributed by atoms with Gasteiger partial charge in [-0.25, -0.2) is 0 Å². The lowest BCUT2D eigenvalue weighted by Gasteiger charge is -2.31. The third kappa shape index (κ3) is 4.98. The second-order valence-corrected chi connectivity index (χ2v) is 5.16. The molecule has 0 rings (SSSR count). The molecule has 1 unspecified atom stereocenters. The van der Waals surface area contributed by atoms with Gasteiger partial charge in [0.05, 0.1) is 6.54 Å². The highest BCUT2D eigenvalue weighted by atomic mass is 16.5. The number of ether oxygens (including phenoxy) is 2. The molecule has 0 bridgehead atoms. The van der Waals surface area contributed by atoms with Gasteiger partial charge < -0.3 is 9.47 Å². The van der Waals surface area contributed by atoms with Crippen molar-refractivity contribution in [1.29, 1.82) is 0 Å².